The fourth-order valence-corrected chi connectivity index (χ4v) is 6.60. The van der Waals surface area contributed by atoms with Crippen LogP contribution in [-0.4, -0.2) is 52.4 Å². The first-order valence-electron chi connectivity index (χ1n) is 10.7. The monoisotopic (exact) mass is 513 g/mol. The number of carbonyl (C=O) groups is 1. The van der Waals surface area contributed by atoms with Gasteiger partial charge in [-0.1, -0.05) is 24.4 Å². The third-order valence-electron chi connectivity index (χ3n) is 5.49. The molecule has 180 valence electrons. The first kappa shape index (κ1) is 25.5. The van der Waals surface area contributed by atoms with Crippen molar-refractivity contribution in [2.75, 3.05) is 29.0 Å². The second kappa shape index (κ2) is 10.4. The molecule has 1 fully saturated rings. The molecule has 0 spiro atoms. The van der Waals surface area contributed by atoms with E-state index in [0.29, 0.717) is 29.5 Å². The van der Waals surface area contributed by atoms with Crippen molar-refractivity contribution in [1.82, 2.24) is 4.31 Å². The van der Waals surface area contributed by atoms with Crippen molar-refractivity contribution >= 4 is 48.9 Å². The van der Waals surface area contributed by atoms with Crippen LogP contribution in [0.5, 0.6) is 0 Å². The molecule has 1 unspecified atom stereocenters. The summed E-state index contributed by atoms with van der Waals surface area (Å²) in [5.41, 5.74) is 0.676. The number of carbonyl (C=O) groups excluding carboxylic acids is 1. The fraction of sp³-hybridized carbons (Fsp3) is 0.409. The number of halogens is 1. The molecule has 1 aliphatic heterocycles. The van der Waals surface area contributed by atoms with E-state index in [9.17, 15) is 21.6 Å². The molecule has 2 aromatic rings. The Labute approximate surface area is 200 Å². The van der Waals surface area contributed by atoms with Gasteiger partial charge in [-0.3, -0.25) is 9.10 Å². The van der Waals surface area contributed by atoms with E-state index < -0.39 is 32.0 Å². The van der Waals surface area contributed by atoms with Crippen molar-refractivity contribution in [2.24, 2.45) is 0 Å². The number of nitrogens with zero attached hydrogens (tertiary/aromatic N) is 2. The number of amides is 1. The van der Waals surface area contributed by atoms with Crippen LogP contribution < -0.4 is 9.62 Å². The second-order valence-electron chi connectivity index (χ2n) is 8.04. The smallest absolute Gasteiger partial charge is 0.247 e. The van der Waals surface area contributed by atoms with E-state index in [-0.39, 0.29) is 4.90 Å². The molecular weight excluding hydrogens is 486 g/mol. The van der Waals surface area contributed by atoms with Gasteiger partial charge in [0.15, 0.2) is 0 Å². The van der Waals surface area contributed by atoms with Gasteiger partial charge in [0.1, 0.15) is 6.04 Å². The van der Waals surface area contributed by atoms with Crippen molar-refractivity contribution in [3.05, 3.63) is 53.6 Å². The summed E-state index contributed by atoms with van der Waals surface area (Å²) in [4.78, 5) is 13.0. The van der Waals surface area contributed by atoms with Crippen molar-refractivity contribution in [3.63, 3.8) is 0 Å². The van der Waals surface area contributed by atoms with E-state index >= 15 is 0 Å². The molecule has 1 heterocycles. The molecule has 2 aromatic carbocycles. The van der Waals surface area contributed by atoms with Gasteiger partial charge in [-0.25, -0.2) is 16.8 Å². The van der Waals surface area contributed by atoms with Gasteiger partial charge < -0.3 is 5.32 Å². The van der Waals surface area contributed by atoms with E-state index in [2.05, 4.69) is 5.32 Å². The Morgan fingerprint density at radius 2 is 1.48 bits per heavy atom. The summed E-state index contributed by atoms with van der Waals surface area (Å²) in [6.07, 6.45) is 4.75. The van der Waals surface area contributed by atoms with Crippen LogP contribution in [0.4, 0.5) is 11.4 Å². The summed E-state index contributed by atoms with van der Waals surface area (Å²) in [6, 6.07) is 11.0. The molecule has 1 amide bonds. The van der Waals surface area contributed by atoms with Gasteiger partial charge in [0, 0.05) is 23.8 Å². The zero-order valence-corrected chi connectivity index (χ0v) is 21.0. The van der Waals surface area contributed by atoms with Crippen LogP contribution in [0, 0.1) is 0 Å². The number of hydrogen-bond donors (Lipinski definition) is 1. The summed E-state index contributed by atoms with van der Waals surface area (Å²) >= 11 is 5.89. The van der Waals surface area contributed by atoms with E-state index in [0.717, 1.165) is 36.2 Å². The zero-order valence-electron chi connectivity index (χ0n) is 18.6. The molecular formula is C22H28ClN3O5S2. The quantitative estimate of drug-likeness (QED) is 0.608. The minimum atomic E-state index is -3.76. The summed E-state index contributed by atoms with van der Waals surface area (Å²) in [5.74, 6) is -0.557. The van der Waals surface area contributed by atoms with E-state index in [1.165, 1.54) is 47.6 Å². The minimum absolute atomic E-state index is 0.161. The highest BCUT2D eigenvalue weighted by molar-refractivity contribution is 7.92. The van der Waals surface area contributed by atoms with E-state index in [1.54, 1.807) is 12.1 Å². The zero-order chi connectivity index (χ0) is 24.2. The lowest BCUT2D eigenvalue weighted by Gasteiger charge is -2.28. The largest absolute Gasteiger partial charge is 0.324 e. The Bertz CT molecular complexity index is 1180. The number of nitrogens with one attached hydrogen (secondary N) is 1. The number of sulfonamides is 2. The standard InChI is InChI=1S/C22H28ClN3O5S2/c1-17(26(32(2,28)29)20-11-7-18(23)8-12-20)22(27)24-19-9-13-21(14-10-19)33(30,31)25-15-5-3-4-6-16-25/h7-14,17H,3-6,15-16H2,1-2H3,(H,24,27). The molecule has 1 atom stereocenters. The van der Waals surface area contributed by atoms with Crippen molar-refractivity contribution in [3.8, 4) is 0 Å². The number of benzene rings is 2. The molecule has 1 N–H and O–H groups in total. The van der Waals surface area contributed by atoms with Crippen LogP contribution in [0.1, 0.15) is 32.6 Å². The highest BCUT2D eigenvalue weighted by Crippen LogP contribution is 2.25. The van der Waals surface area contributed by atoms with Gasteiger partial charge in [-0.15, -0.1) is 0 Å². The highest BCUT2D eigenvalue weighted by atomic mass is 35.5. The van der Waals surface area contributed by atoms with E-state index in [1.807, 2.05) is 0 Å². The van der Waals surface area contributed by atoms with Crippen LogP contribution >= 0.6 is 11.6 Å². The second-order valence-corrected chi connectivity index (χ2v) is 12.3. The average Bonchev–Trinajstić information content (AvgIpc) is 3.05. The molecule has 1 saturated heterocycles. The minimum Gasteiger partial charge on any atom is -0.324 e. The van der Waals surface area contributed by atoms with Crippen molar-refractivity contribution < 1.29 is 21.6 Å². The maximum atomic E-state index is 12.9. The maximum Gasteiger partial charge on any atom is 0.247 e. The van der Waals surface area contributed by atoms with Crippen LogP contribution in [0.3, 0.4) is 0 Å². The summed E-state index contributed by atoms with van der Waals surface area (Å²) in [7, 11) is -7.36. The summed E-state index contributed by atoms with van der Waals surface area (Å²) in [6.45, 7) is 2.48. The molecule has 3 rings (SSSR count). The molecule has 1 aliphatic rings. The number of hydrogen-bond acceptors (Lipinski definition) is 5. The number of rotatable bonds is 7. The van der Waals surface area contributed by atoms with Gasteiger partial charge in [0.05, 0.1) is 16.8 Å². The molecule has 0 saturated carbocycles. The van der Waals surface area contributed by atoms with Crippen molar-refractivity contribution in [1.29, 1.82) is 0 Å². The van der Waals surface area contributed by atoms with Gasteiger partial charge in [0.2, 0.25) is 26.0 Å². The van der Waals surface area contributed by atoms with Gasteiger partial charge in [0.25, 0.3) is 0 Å². The lowest BCUT2D eigenvalue weighted by Crippen LogP contribution is -2.45. The Morgan fingerprint density at radius 1 is 0.939 bits per heavy atom. The molecule has 0 radical (unpaired) electrons. The predicted octanol–water partition coefficient (Wildman–Crippen LogP) is 3.70. The molecule has 0 aliphatic carbocycles. The maximum absolute atomic E-state index is 12.9. The van der Waals surface area contributed by atoms with Crippen LogP contribution in [0.25, 0.3) is 0 Å². The Hall–Kier alpha value is -2.14. The molecule has 33 heavy (non-hydrogen) atoms. The Balaban J connectivity index is 1.75. The van der Waals surface area contributed by atoms with Gasteiger partial charge in [-0.2, -0.15) is 4.31 Å². The molecule has 11 heteroatoms. The first-order valence-corrected chi connectivity index (χ1v) is 14.3. The first-order chi connectivity index (χ1) is 15.5. The van der Waals surface area contributed by atoms with Crippen LogP contribution in [0.2, 0.25) is 5.02 Å². The average molecular weight is 514 g/mol. The van der Waals surface area contributed by atoms with E-state index in [4.69, 9.17) is 11.6 Å². The third-order valence-corrected chi connectivity index (χ3v) is 8.90. The Morgan fingerprint density at radius 3 is 2.00 bits per heavy atom. The molecule has 0 bridgehead atoms. The van der Waals surface area contributed by atoms with Gasteiger partial charge in [-0.05, 0) is 68.3 Å². The van der Waals surface area contributed by atoms with Crippen LogP contribution in [0.15, 0.2) is 53.4 Å². The summed E-state index contributed by atoms with van der Waals surface area (Å²) < 4.78 is 53.1. The van der Waals surface area contributed by atoms with Crippen LogP contribution in [-0.2, 0) is 24.8 Å². The SMILES string of the molecule is CC(C(=O)Nc1ccc(S(=O)(=O)N2CCCCCC2)cc1)N(c1ccc(Cl)cc1)S(C)(=O)=O. The Kier molecular flexibility index (Phi) is 8.04. The lowest BCUT2D eigenvalue weighted by atomic mass is 10.2. The molecule has 0 aromatic heterocycles. The number of anilines is 2. The lowest BCUT2D eigenvalue weighted by molar-refractivity contribution is -0.116. The predicted molar refractivity (Wildman–Crippen MR) is 131 cm³/mol. The third kappa shape index (κ3) is 6.26. The fourth-order valence-electron chi connectivity index (χ4n) is 3.78. The topological polar surface area (TPSA) is 104 Å². The molecule has 8 nitrogen and oxygen atoms in total. The highest BCUT2D eigenvalue weighted by Gasteiger charge is 2.29. The summed E-state index contributed by atoms with van der Waals surface area (Å²) in [5, 5.41) is 3.11. The van der Waals surface area contributed by atoms with Crippen molar-refractivity contribution in [2.45, 2.75) is 43.5 Å². The normalized spacial score (nSPS) is 16.6. The van der Waals surface area contributed by atoms with Gasteiger partial charge >= 0.3 is 0 Å².